The van der Waals surface area contributed by atoms with Crippen molar-refractivity contribution in [3.05, 3.63) is 23.9 Å². The van der Waals surface area contributed by atoms with Gasteiger partial charge in [-0.2, -0.15) is 0 Å². The molecule has 1 aromatic heterocycles. The predicted octanol–water partition coefficient (Wildman–Crippen LogP) is 1.89. The molecule has 0 spiro atoms. The fraction of sp³-hybridized carbons (Fsp3) is 0.667. The molecule has 1 N–H and O–H groups in total. The van der Waals surface area contributed by atoms with Crippen LogP contribution in [-0.2, 0) is 0 Å². The fourth-order valence-electron chi connectivity index (χ4n) is 2.76. The molecule has 1 saturated heterocycles. The lowest BCUT2D eigenvalue weighted by molar-refractivity contribution is 0.249. The number of anilines is 1. The molecular formula is C15H26N4. The van der Waals surface area contributed by atoms with E-state index < -0.39 is 0 Å². The van der Waals surface area contributed by atoms with Crippen LogP contribution in [0.1, 0.15) is 31.4 Å². The van der Waals surface area contributed by atoms with Gasteiger partial charge in [-0.3, -0.25) is 0 Å². The molecule has 4 heteroatoms. The van der Waals surface area contributed by atoms with Crippen molar-refractivity contribution < 1.29 is 0 Å². The second kappa shape index (κ2) is 6.35. The van der Waals surface area contributed by atoms with Crippen LogP contribution in [-0.4, -0.2) is 50.2 Å². The Morgan fingerprint density at radius 2 is 2.05 bits per heavy atom. The zero-order valence-corrected chi connectivity index (χ0v) is 12.6. The number of hydrogen-bond acceptors (Lipinski definition) is 4. The van der Waals surface area contributed by atoms with E-state index in [1.807, 2.05) is 19.3 Å². The molecule has 1 aliphatic rings. The Kier molecular flexibility index (Phi) is 4.77. The molecule has 2 rings (SSSR count). The molecule has 0 amide bonds. The molecule has 0 aromatic carbocycles. The Morgan fingerprint density at radius 1 is 1.37 bits per heavy atom. The van der Waals surface area contributed by atoms with Gasteiger partial charge in [0.25, 0.3) is 0 Å². The lowest BCUT2D eigenvalue weighted by Gasteiger charge is -2.37. The van der Waals surface area contributed by atoms with Gasteiger partial charge in [-0.05, 0) is 47.0 Å². The summed E-state index contributed by atoms with van der Waals surface area (Å²) in [5.41, 5.74) is 1.30. The van der Waals surface area contributed by atoms with Crippen molar-refractivity contribution in [1.82, 2.24) is 15.2 Å². The molecule has 0 saturated carbocycles. The molecule has 106 valence electrons. The van der Waals surface area contributed by atoms with Crippen LogP contribution < -0.4 is 10.2 Å². The Hall–Kier alpha value is -1.13. The van der Waals surface area contributed by atoms with Crippen LogP contribution in [0.15, 0.2) is 18.3 Å². The number of nitrogens with zero attached hydrogens (tertiary/aromatic N) is 3. The normalized spacial score (nSPS) is 18.9. The summed E-state index contributed by atoms with van der Waals surface area (Å²) < 4.78 is 0. The van der Waals surface area contributed by atoms with Crippen LogP contribution in [0.5, 0.6) is 0 Å². The van der Waals surface area contributed by atoms with Crippen molar-refractivity contribution in [2.45, 2.75) is 31.8 Å². The average Bonchev–Trinajstić information content (AvgIpc) is 2.46. The minimum absolute atomic E-state index is 0.343. The first-order valence-electron chi connectivity index (χ1n) is 7.17. The highest BCUT2D eigenvalue weighted by Gasteiger charge is 2.23. The van der Waals surface area contributed by atoms with Gasteiger partial charge in [-0.25, -0.2) is 4.98 Å². The maximum Gasteiger partial charge on any atom is 0.133 e. The first-order chi connectivity index (χ1) is 9.13. The average molecular weight is 262 g/mol. The molecule has 0 radical (unpaired) electrons. The van der Waals surface area contributed by atoms with E-state index >= 15 is 0 Å². The quantitative estimate of drug-likeness (QED) is 0.898. The maximum atomic E-state index is 4.61. The van der Waals surface area contributed by atoms with Crippen LogP contribution in [0.25, 0.3) is 0 Å². The van der Waals surface area contributed by atoms with Gasteiger partial charge in [0.15, 0.2) is 0 Å². The Morgan fingerprint density at radius 3 is 2.63 bits per heavy atom. The smallest absolute Gasteiger partial charge is 0.133 e. The Labute approximate surface area is 116 Å². The van der Waals surface area contributed by atoms with E-state index in [4.69, 9.17) is 0 Å². The van der Waals surface area contributed by atoms with E-state index in [0.717, 1.165) is 18.9 Å². The van der Waals surface area contributed by atoms with Gasteiger partial charge in [0, 0.05) is 36.9 Å². The SMILES string of the molecule is CNC(C)c1cccnc1N1CCC(N(C)C)CC1. The highest BCUT2D eigenvalue weighted by Crippen LogP contribution is 2.26. The lowest BCUT2D eigenvalue weighted by Crippen LogP contribution is -2.42. The van der Waals surface area contributed by atoms with Gasteiger partial charge in [0.1, 0.15) is 5.82 Å². The van der Waals surface area contributed by atoms with Crippen molar-refractivity contribution in [1.29, 1.82) is 0 Å². The van der Waals surface area contributed by atoms with Crippen molar-refractivity contribution in [3.63, 3.8) is 0 Å². The monoisotopic (exact) mass is 262 g/mol. The predicted molar refractivity (Wildman–Crippen MR) is 80.6 cm³/mol. The summed E-state index contributed by atoms with van der Waals surface area (Å²) in [6.07, 6.45) is 4.34. The number of hydrogen-bond donors (Lipinski definition) is 1. The molecule has 1 atom stereocenters. The molecule has 1 fully saturated rings. The molecular weight excluding hydrogens is 236 g/mol. The van der Waals surface area contributed by atoms with E-state index in [9.17, 15) is 0 Å². The topological polar surface area (TPSA) is 31.4 Å². The third kappa shape index (κ3) is 3.25. The van der Waals surface area contributed by atoms with Crippen LogP contribution in [0.4, 0.5) is 5.82 Å². The number of pyridine rings is 1. The molecule has 2 heterocycles. The summed E-state index contributed by atoms with van der Waals surface area (Å²) in [5, 5.41) is 3.31. The third-order valence-electron chi connectivity index (χ3n) is 4.21. The largest absolute Gasteiger partial charge is 0.356 e. The van der Waals surface area contributed by atoms with Crippen molar-refractivity contribution in [2.75, 3.05) is 39.1 Å². The van der Waals surface area contributed by atoms with Crippen molar-refractivity contribution >= 4 is 5.82 Å². The van der Waals surface area contributed by atoms with Crippen molar-refractivity contribution in [3.8, 4) is 0 Å². The van der Waals surface area contributed by atoms with E-state index in [-0.39, 0.29) is 0 Å². The van der Waals surface area contributed by atoms with E-state index in [2.05, 4.69) is 47.2 Å². The number of nitrogens with one attached hydrogen (secondary N) is 1. The summed E-state index contributed by atoms with van der Waals surface area (Å²) in [6.45, 7) is 4.39. The highest BCUT2D eigenvalue weighted by molar-refractivity contribution is 5.48. The fourth-order valence-corrected chi connectivity index (χ4v) is 2.76. The van der Waals surface area contributed by atoms with Crippen molar-refractivity contribution in [2.24, 2.45) is 0 Å². The summed E-state index contributed by atoms with van der Waals surface area (Å²) >= 11 is 0. The Bertz CT molecular complexity index is 397. The molecule has 1 unspecified atom stereocenters. The van der Waals surface area contributed by atoms with Gasteiger partial charge in [-0.1, -0.05) is 6.07 Å². The first-order valence-corrected chi connectivity index (χ1v) is 7.17. The van der Waals surface area contributed by atoms with Gasteiger partial charge >= 0.3 is 0 Å². The maximum absolute atomic E-state index is 4.61. The first kappa shape index (κ1) is 14.3. The second-order valence-electron chi connectivity index (χ2n) is 5.61. The van der Waals surface area contributed by atoms with E-state index in [0.29, 0.717) is 12.1 Å². The van der Waals surface area contributed by atoms with Gasteiger partial charge < -0.3 is 15.1 Å². The lowest BCUT2D eigenvalue weighted by atomic mass is 10.0. The van der Waals surface area contributed by atoms with Crippen LogP contribution in [0, 0.1) is 0 Å². The molecule has 4 nitrogen and oxygen atoms in total. The van der Waals surface area contributed by atoms with Gasteiger partial charge in [-0.15, -0.1) is 0 Å². The third-order valence-corrected chi connectivity index (χ3v) is 4.21. The molecule has 19 heavy (non-hydrogen) atoms. The number of piperidine rings is 1. The molecule has 0 aliphatic carbocycles. The van der Waals surface area contributed by atoms with Crippen LogP contribution in [0.2, 0.25) is 0 Å². The minimum Gasteiger partial charge on any atom is -0.356 e. The standard InChI is InChI=1S/C15H26N4/c1-12(16-2)14-6-5-9-17-15(14)19-10-7-13(8-11-19)18(3)4/h5-6,9,12-13,16H,7-8,10-11H2,1-4H3. The van der Waals surface area contributed by atoms with Gasteiger partial charge in [0.05, 0.1) is 0 Å². The van der Waals surface area contributed by atoms with E-state index in [1.165, 1.54) is 18.4 Å². The summed E-state index contributed by atoms with van der Waals surface area (Å²) in [4.78, 5) is 9.39. The summed E-state index contributed by atoms with van der Waals surface area (Å²) in [5.74, 6) is 1.15. The van der Waals surface area contributed by atoms with E-state index in [1.54, 1.807) is 0 Å². The zero-order valence-electron chi connectivity index (χ0n) is 12.6. The molecule has 1 aliphatic heterocycles. The van der Waals surface area contributed by atoms with Gasteiger partial charge in [0.2, 0.25) is 0 Å². The summed E-state index contributed by atoms with van der Waals surface area (Å²) in [7, 11) is 6.35. The number of rotatable bonds is 4. The minimum atomic E-state index is 0.343. The zero-order chi connectivity index (χ0) is 13.8. The molecule has 0 bridgehead atoms. The summed E-state index contributed by atoms with van der Waals surface area (Å²) in [6, 6.07) is 5.27. The second-order valence-corrected chi connectivity index (χ2v) is 5.61. The Balaban J connectivity index is 2.11. The highest BCUT2D eigenvalue weighted by atomic mass is 15.2. The molecule has 1 aromatic rings. The van der Waals surface area contributed by atoms with Crippen LogP contribution >= 0.6 is 0 Å². The van der Waals surface area contributed by atoms with Crippen LogP contribution in [0.3, 0.4) is 0 Å². The number of aromatic nitrogens is 1.